The summed E-state index contributed by atoms with van der Waals surface area (Å²) in [6, 6.07) is 0.430. The van der Waals surface area contributed by atoms with E-state index < -0.39 is 0 Å². The zero-order valence-corrected chi connectivity index (χ0v) is 6.01. The lowest BCUT2D eigenvalue weighted by molar-refractivity contribution is 0.132. The predicted molar refractivity (Wildman–Crippen MR) is 37.9 cm³/mol. The molecule has 60 valence electrons. The van der Waals surface area contributed by atoms with Crippen molar-refractivity contribution < 1.29 is 5.11 Å². The van der Waals surface area contributed by atoms with Gasteiger partial charge in [0.2, 0.25) is 0 Å². The number of nitrogens with zero attached hydrogens (tertiary/aromatic N) is 3. The highest BCUT2D eigenvalue weighted by Crippen LogP contribution is 2.16. The second-order valence-electron chi connectivity index (χ2n) is 2.64. The maximum absolute atomic E-state index is 8.83. The summed E-state index contributed by atoms with van der Waals surface area (Å²) in [5.41, 5.74) is 0. The molecule has 0 spiro atoms. The monoisotopic (exact) mass is 154 g/mol. The van der Waals surface area contributed by atoms with Crippen molar-refractivity contribution in [2.24, 2.45) is 0 Å². The van der Waals surface area contributed by atoms with Gasteiger partial charge in [-0.05, 0) is 0 Å². The van der Waals surface area contributed by atoms with E-state index in [1.165, 1.54) is 6.33 Å². The fourth-order valence-corrected chi connectivity index (χ4v) is 1.24. The molecule has 1 fully saturated rings. The summed E-state index contributed by atoms with van der Waals surface area (Å²) in [5, 5.41) is 15.9. The van der Waals surface area contributed by atoms with E-state index in [9.17, 15) is 0 Å². The first-order valence-corrected chi connectivity index (χ1v) is 3.60. The Balaban J connectivity index is 2.07. The molecule has 2 N–H and O–H groups in total. The van der Waals surface area contributed by atoms with E-state index in [0.29, 0.717) is 0 Å². The van der Waals surface area contributed by atoms with Crippen LogP contribution in [-0.4, -0.2) is 39.1 Å². The molecular formula is C6H10N4O. The summed E-state index contributed by atoms with van der Waals surface area (Å²) in [5.74, 6) is 0. The predicted octanol–water partition coefficient (Wildman–Crippen LogP) is -1.22. The van der Waals surface area contributed by atoms with Gasteiger partial charge in [0.05, 0.1) is 18.7 Å². The molecule has 1 aromatic heterocycles. The third-order valence-electron chi connectivity index (χ3n) is 2.03. The van der Waals surface area contributed by atoms with Crippen LogP contribution in [0.3, 0.4) is 0 Å². The van der Waals surface area contributed by atoms with Crippen molar-refractivity contribution >= 4 is 0 Å². The van der Waals surface area contributed by atoms with Gasteiger partial charge >= 0.3 is 0 Å². The van der Waals surface area contributed by atoms with Crippen LogP contribution >= 0.6 is 0 Å². The Labute approximate surface area is 64.1 Å². The number of aromatic nitrogens is 3. The number of aliphatic hydroxyl groups excluding tert-OH is 1. The van der Waals surface area contributed by atoms with Crippen molar-refractivity contribution in [3.8, 4) is 0 Å². The molecule has 0 amide bonds. The molecule has 2 heterocycles. The fourth-order valence-electron chi connectivity index (χ4n) is 1.24. The van der Waals surface area contributed by atoms with Crippen LogP contribution in [0.5, 0.6) is 0 Å². The highest BCUT2D eigenvalue weighted by molar-refractivity contribution is 4.91. The van der Waals surface area contributed by atoms with Crippen LogP contribution in [0.1, 0.15) is 6.04 Å². The van der Waals surface area contributed by atoms with Crippen LogP contribution in [0, 0.1) is 0 Å². The molecular weight excluding hydrogens is 144 g/mol. The third-order valence-corrected chi connectivity index (χ3v) is 2.03. The standard InChI is InChI=1S/C6H10N4O/c11-2-5-6(1-8-5)10-4-7-3-9-10/h3-6,8,11H,1-2H2. The summed E-state index contributed by atoms with van der Waals surface area (Å²) in [4.78, 5) is 3.84. The van der Waals surface area contributed by atoms with Gasteiger partial charge in [-0.1, -0.05) is 0 Å². The van der Waals surface area contributed by atoms with Crippen LogP contribution in [0.4, 0.5) is 0 Å². The summed E-state index contributed by atoms with van der Waals surface area (Å²) in [7, 11) is 0. The smallest absolute Gasteiger partial charge is 0.137 e. The van der Waals surface area contributed by atoms with E-state index in [4.69, 9.17) is 5.11 Å². The highest BCUT2D eigenvalue weighted by atomic mass is 16.3. The van der Waals surface area contributed by atoms with Gasteiger partial charge in [-0.25, -0.2) is 9.67 Å². The minimum atomic E-state index is 0.150. The number of hydrogen-bond acceptors (Lipinski definition) is 4. The maximum Gasteiger partial charge on any atom is 0.137 e. The zero-order chi connectivity index (χ0) is 7.68. The Morgan fingerprint density at radius 1 is 1.73 bits per heavy atom. The second kappa shape index (κ2) is 2.60. The Morgan fingerprint density at radius 3 is 3.09 bits per heavy atom. The molecule has 5 nitrogen and oxygen atoms in total. The summed E-state index contributed by atoms with van der Waals surface area (Å²) < 4.78 is 1.78. The number of hydrogen-bond donors (Lipinski definition) is 2. The van der Waals surface area contributed by atoms with Gasteiger partial charge in [0.15, 0.2) is 0 Å². The van der Waals surface area contributed by atoms with E-state index in [1.54, 1.807) is 11.0 Å². The van der Waals surface area contributed by atoms with Gasteiger partial charge in [0, 0.05) is 6.54 Å². The van der Waals surface area contributed by atoms with Crippen molar-refractivity contribution in [1.29, 1.82) is 0 Å². The first-order valence-electron chi connectivity index (χ1n) is 3.60. The number of rotatable bonds is 2. The van der Waals surface area contributed by atoms with Gasteiger partial charge in [-0.2, -0.15) is 5.10 Å². The first-order chi connectivity index (χ1) is 5.42. The Morgan fingerprint density at radius 2 is 2.64 bits per heavy atom. The largest absolute Gasteiger partial charge is 0.395 e. The lowest BCUT2D eigenvalue weighted by Crippen LogP contribution is -2.55. The van der Waals surface area contributed by atoms with Gasteiger partial charge < -0.3 is 10.4 Å². The van der Waals surface area contributed by atoms with E-state index in [0.717, 1.165) is 6.54 Å². The van der Waals surface area contributed by atoms with Crippen molar-refractivity contribution in [1.82, 2.24) is 20.1 Å². The van der Waals surface area contributed by atoms with Crippen LogP contribution in [-0.2, 0) is 0 Å². The van der Waals surface area contributed by atoms with Crippen LogP contribution in [0.2, 0.25) is 0 Å². The van der Waals surface area contributed by atoms with E-state index in [2.05, 4.69) is 15.4 Å². The summed E-state index contributed by atoms with van der Waals surface area (Å²) >= 11 is 0. The Bertz CT molecular complexity index is 220. The zero-order valence-electron chi connectivity index (χ0n) is 6.01. The Hall–Kier alpha value is -0.940. The van der Waals surface area contributed by atoms with Crippen molar-refractivity contribution in [3.05, 3.63) is 12.7 Å². The van der Waals surface area contributed by atoms with Crippen molar-refractivity contribution in [3.63, 3.8) is 0 Å². The molecule has 0 aromatic carbocycles. The molecule has 1 aromatic rings. The highest BCUT2D eigenvalue weighted by Gasteiger charge is 2.31. The molecule has 2 atom stereocenters. The minimum Gasteiger partial charge on any atom is -0.395 e. The van der Waals surface area contributed by atoms with E-state index >= 15 is 0 Å². The molecule has 0 aliphatic carbocycles. The lowest BCUT2D eigenvalue weighted by atomic mass is 10.0. The minimum absolute atomic E-state index is 0.150. The maximum atomic E-state index is 8.83. The lowest BCUT2D eigenvalue weighted by Gasteiger charge is -2.36. The van der Waals surface area contributed by atoms with Crippen molar-refractivity contribution in [2.75, 3.05) is 13.2 Å². The molecule has 2 rings (SSSR count). The summed E-state index contributed by atoms with van der Waals surface area (Å²) in [6.45, 7) is 1.03. The first kappa shape index (κ1) is 6.75. The SMILES string of the molecule is OCC1NCC1n1cncn1. The summed E-state index contributed by atoms with van der Waals surface area (Å²) in [6.07, 6.45) is 3.18. The molecule has 5 heteroatoms. The second-order valence-corrected chi connectivity index (χ2v) is 2.64. The molecule has 1 aliphatic rings. The molecule has 1 aliphatic heterocycles. The quantitative estimate of drug-likeness (QED) is 0.560. The van der Waals surface area contributed by atoms with Crippen LogP contribution in [0.15, 0.2) is 12.7 Å². The molecule has 0 saturated carbocycles. The molecule has 0 bridgehead atoms. The average Bonchev–Trinajstić information content (AvgIpc) is 2.39. The van der Waals surface area contributed by atoms with E-state index in [1.807, 2.05) is 0 Å². The van der Waals surface area contributed by atoms with E-state index in [-0.39, 0.29) is 18.7 Å². The van der Waals surface area contributed by atoms with Crippen LogP contribution < -0.4 is 5.32 Å². The average molecular weight is 154 g/mol. The van der Waals surface area contributed by atoms with Crippen LogP contribution in [0.25, 0.3) is 0 Å². The van der Waals surface area contributed by atoms with Gasteiger partial charge in [-0.15, -0.1) is 0 Å². The fraction of sp³-hybridized carbons (Fsp3) is 0.667. The van der Waals surface area contributed by atoms with Gasteiger partial charge in [0.25, 0.3) is 0 Å². The van der Waals surface area contributed by atoms with Gasteiger partial charge in [0.1, 0.15) is 12.7 Å². The topological polar surface area (TPSA) is 63.0 Å². The third kappa shape index (κ3) is 1.02. The van der Waals surface area contributed by atoms with Crippen molar-refractivity contribution in [2.45, 2.75) is 12.1 Å². The Kier molecular flexibility index (Phi) is 1.59. The number of nitrogens with one attached hydrogen (secondary N) is 1. The van der Waals surface area contributed by atoms with Gasteiger partial charge in [-0.3, -0.25) is 0 Å². The molecule has 1 saturated heterocycles. The molecule has 11 heavy (non-hydrogen) atoms. The normalized spacial score (nSPS) is 29.9. The molecule has 0 radical (unpaired) electrons. The number of aliphatic hydroxyl groups is 1. The molecule has 2 unspecified atom stereocenters.